The second-order valence-corrected chi connectivity index (χ2v) is 11.8. The number of sulfone groups is 1. The van der Waals surface area contributed by atoms with Gasteiger partial charge in [0.2, 0.25) is 0 Å². The molecule has 0 aliphatic carbocycles. The first-order valence-corrected chi connectivity index (χ1v) is 13.3. The fourth-order valence-corrected chi connectivity index (χ4v) is 4.88. The van der Waals surface area contributed by atoms with Crippen LogP contribution in [0.4, 0.5) is 6.01 Å². The van der Waals surface area contributed by atoms with Crippen LogP contribution in [0.25, 0.3) is 11.3 Å². The average Bonchev–Trinajstić information content (AvgIpc) is 3.34. The minimum atomic E-state index is -3.28. The van der Waals surface area contributed by atoms with Crippen molar-refractivity contribution in [2.45, 2.75) is 56.6 Å². The Hall–Kier alpha value is -2.65. The standard InChI is InChI=1S/C25H32N4O4S.ClH/c1-17(2)24-27-25(33-28-24)29-13-11-19(12-14-29)16-32-21-7-10-23(26-15-21)20-5-8-22(9-6-20)34(30,31)18(3)4;/h5-10,15,17-19H,11-14,16H2,1-4H3;1H. The van der Waals surface area contributed by atoms with E-state index < -0.39 is 15.1 Å². The van der Waals surface area contributed by atoms with Crippen molar-refractivity contribution in [3.8, 4) is 17.0 Å². The third-order valence-electron chi connectivity index (χ3n) is 6.15. The van der Waals surface area contributed by atoms with Gasteiger partial charge in [0, 0.05) is 24.6 Å². The van der Waals surface area contributed by atoms with Crippen molar-refractivity contribution < 1.29 is 17.7 Å². The molecule has 3 heterocycles. The Kier molecular flexibility index (Phi) is 8.77. The fourth-order valence-electron chi connectivity index (χ4n) is 3.82. The monoisotopic (exact) mass is 520 g/mol. The van der Waals surface area contributed by atoms with Crippen molar-refractivity contribution in [1.82, 2.24) is 15.1 Å². The molecule has 1 saturated heterocycles. The Morgan fingerprint density at radius 1 is 1.06 bits per heavy atom. The van der Waals surface area contributed by atoms with Crippen LogP contribution in [-0.2, 0) is 9.84 Å². The normalized spacial score (nSPS) is 14.9. The fraction of sp³-hybridized carbons (Fsp3) is 0.480. The van der Waals surface area contributed by atoms with Crippen LogP contribution in [0.2, 0.25) is 0 Å². The van der Waals surface area contributed by atoms with E-state index in [1.54, 1.807) is 44.3 Å². The lowest BCUT2D eigenvalue weighted by Crippen LogP contribution is -2.35. The lowest BCUT2D eigenvalue weighted by atomic mass is 9.98. The molecule has 0 unspecified atom stereocenters. The maximum atomic E-state index is 12.3. The zero-order chi connectivity index (χ0) is 24.3. The molecule has 190 valence electrons. The molecule has 2 aromatic heterocycles. The smallest absolute Gasteiger partial charge is 0.324 e. The van der Waals surface area contributed by atoms with E-state index in [1.807, 2.05) is 12.1 Å². The lowest BCUT2D eigenvalue weighted by Gasteiger charge is -2.30. The van der Waals surface area contributed by atoms with Crippen molar-refractivity contribution in [3.05, 3.63) is 48.4 Å². The molecule has 4 rings (SSSR count). The van der Waals surface area contributed by atoms with Crippen LogP contribution in [0, 0.1) is 5.92 Å². The first-order valence-electron chi connectivity index (χ1n) is 11.8. The third-order valence-corrected chi connectivity index (χ3v) is 8.32. The van der Waals surface area contributed by atoms with Gasteiger partial charge in [0.05, 0.1) is 28.6 Å². The van der Waals surface area contributed by atoms with Gasteiger partial charge in [0.25, 0.3) is 0 Å². The van der Waals surface area contributed by atoms with Crippen molar-refractivity contribution in [2.24, 2.45) is 5.92 Å². The molecule has 1 fully saturated rings. The van der Waals surface area contributed by atoms with Gasteiger partial charge in [0.15, 0.2) is 15.7 Å². The summed E-state index contributed by atoms with van der Waals surface area (Å²) in [5.74, 6) is 2.18. The van der Waals surface area contributed by atoms with Gasteiger partial charge in [-0.25, -0.2) is 8.42 Å². The van der Waals surface area contributed by atoms with Crippen LogP contribution in [0.15, 0.2) is 52.0 Å². The predicted octanol–water partition coefficient (Wildman–Crippen LogP) is 5.15. The van der Waals surface area contributed by atoms with Crippen molar-refractivity contribution >= 4 is 28.3 Å². The maximum Gasteiger partial charge on any atom is 0.324 e. The van der Waals surface area contributed by atoms with Gasteiger partial charge >= 0.3 is 6.01 Å². The summed E-state index contributed by atoms with van der Waals surface area (Å²) in [5, 5.41) is 3.60. The molecule has 0 N–H and O–H groups in total. The molecule has 3 aromatic rings. The molecule has 0 spiro atoms. The first-order chi connectivity index (χ1) is 16.2. The summed E-state index contributed by atoms with van der Waals surface area (Å²) in [7, 11) is -3.28. The molecule has 0 bridgehead atoms. The second-order valence-electron chi connectivity index (χ2n) is 9.33. The molecule has 1 aliphatic heterocycles. The second kappa shape index (κ2) is 11.4. The van der Waals surface area contributed by atoms with Crippen LogP contribution in [-0.4, -0.2) is 48.5 Å². The Bertz CT molecular complexity index is 1190. The molecular weight excluding hydrogens is 488 g/mol. The highest BCUT2D eigenvalue weighted by Gasteiger charge is 2.24. The van der Waals surface area contributed by atoms with E-state index in [4.69, 9.17) is 9.26 Å². The lowest BCUT2D eigenvalue weighted by molar-refractivity contribution is 0.219. The Morgan fingerprint density at radius 2 is 1.74 bits per heavy atom. The predicted molar refractivity (Wildman–Crippen MR) is 138 cm³/mol. The zero-order valence-electron chi connectivity index (χ0n) is 20.5. The molecule has 10 heteroatoms. The molecule has 0 atom stereocenters. The summed E-state index contributed by atoms with van der Waals surface area (Å²) in [6.45, 7) is 9.84. The number of hydrogen-bond donors (Lipinski definition) is 0. The number of halogens is 1. The number of ether oxygens (including phenoxy) is 1. The highest BCUT2D eigenvalue weighted by molar-refractivity contribution is 7.92. The van der Waals surface area contributed by atoms with E-state index in [9.17, 15) is 8.42 Å². The van der Waals surface area contributed by atoms with Crippen molar-refractivity contribution in [3.63, 3.8) is 0 Å². The Balaban J connectivity index is 0.00000342. The molecular formula is C25H33ClN4O4S. The number of hydrogen-bond acceptors (Lipinski definition) is 8. The highest BCUT2D eigenvalue weighted by Crippen LogP contribution is 2.26. The number of nitrogens with zero attached hydrogens (tertiary/aromatic N) is 4. The summed E-state index contributed by atoms with van der Waals surface area (Å²) in [4.78, 5) is 11.5. The topological polar surface area (TPSA) is 98.4 Å². The number of anilines is 1. The van der Waals surface area contributed by atoms with E-state index in [2.05, 4.69) is 33.9 Å². The number of pyridine rings is 1. The molecule has 0 radical (unpaired) electrons. The van der Waals surface area contributed by atoms with Gasteiger partial charge in [-0.05, 0) is 56.9 Å². The molecule has 0 amide bonds. The van der Waals surface area contributed by atoms with Gasteiger partial charge in [0.1, 0.15) is 5.75 Å². The van der Waals surface area contributed by atoms with Crippen LogP contribution < -0.4 is 9.64 Å². The number of rotatable bonds is 8. The summed E-state index contributed by atoms with van der Waals surface area (Å²) in [5.41, 5.74) is 1.64. The molecule has 8 nitrogen and oxygen atoms in total. The molecule has 1 aromatic carbocycles. The minimum absolute atomic E-state index is 0. The molecule has 1 aliphatic rings. The van der Waals surface area contributed by atoms with E-state index in [0.717, 1.165) is 48.8 Å². The van der Waals surface area contributed by atoms with Gasteiger partial charge in [-0.1, -0.05) is 31.1 Å². The van der Waals surface area contributed by atoms with Crippen LogP contribution in [0.1, 0.15) is 52.3 Å². The number of aromatic nitrogens is 3. The van der Waals surface area contributed by atoms with Crippen LogP contribution in [0.3, 0.4) is 0 Å². The first kappa shape index (κ1) is 26.9. The largest absolute Gasteiger partial charge is 0.492 e. The van der Waals surface area contributed by atoms with Gasteiger partial charge in [-0.15, -0.1) is 12.4 Å². The van der Waals surface area contributed by atoms with E-state index in [0.29, 0.717) is 23.4 Å². The Morgan fingerprint density at radius 3 is 2.29 bits per heavy atom. The third kappa shape index (κ3) is 6.32. The number of piperidine rings is 1. The van der Waals surface area contributed by atoms with Crippen molar-refractivity contribution in [1.29, 1.82) is 0 Å². The van der Waals surface area contributed by atoms with Crippen molar-refractivity contribution in [2.75, 3.05) is 24.6 Å². The quantitative estimate of drug-likeness (QED) is 0.402. The molecule has 35 heavy (non-hydrogen) atoms. The van der Waals surface area contributed by atoms with Gasteiger partial charge < -0.3 is 14.2 Å². The van der Waals surface area contributed by atoms with E-state index in [1.165, 1.54) is 0 Å². The van der Waals surface area contributed by atoms with E-state index >= 15 is 0 Å². The minimum Gasteiger partial charge on any atom is -0.492 e. The average molecular weight is 521 g/mol. The molecule has 0 saturated carbocycles. The van der Waals surface area contributed by atoms with Gasteiger partial charge in [-0.2, -0.15) is 4.98 Å². The summed E-state index contributed by atoms with van der Waals surface area (Å²) < 4.78 is 36.0. The summed E-state index contributed by atoms with van der Waals surface area (Å²) in [6, 6.07) is 11.3. The van der Waals surface area contributed by atoms with E-state index in [-0.39, 0.29) is 18.3 Å². The van der Waals surface area contributed by atoms with Gasteiger partial charge in [-0.3, -0.25) is 4.98 Å². The summed E-state index contributed by atoms with van der Waals surface area (Å²) in [6.07, 6.45) is 3.71. The SMILES string of the molecule is CC(C)c1noc(N2CCC(COc3ccc(-c4ccc(S(=O)(=O)C(C)C)cc4)nc3)CC2)n1.Cl. The zero-order valence-corrected chi connectivity index (χ0v) is 22.2. The highest BCUT2D eigenvalue weighted by atomic mass is 35.5. The van der Waals surface area contributed by atoms with Crippen LogP contribution in [0.5, 0.6) is 5.75 Å². The Labute approximate surface area is 213 Å². The summed E-state index contributed by atoms with van der Waals surface area (Å²) >= 11 is 0. The maximum absolute atomic E-state index is 12.3. The number of benzene rings is 1. The van der Waals surface area contributed by atoms with Crippen LogP contribution >= 0.6 is 12.4 Å².